The van der Waals surface area contributed by atoms with E-state index in [0.29, 0.717) is 18.7 Å². The summed E-state index contributed by atoms with van der Waals surface area (Å²) in [4.78, 5) is 22.1. The number of rotatable bonds is 4. The van der Waals surface area contributed by atoms with Crippen LogP contribution in [0.25, 0.3) is 0 Å². The molecule has 7 nitrogen and oxygen atoms in total. The Hall–Kier alpha value is -2.32. The van der Waals surface area contributed by atoms with Crippen molar-refractivity contribution in [2.24, 2.45) is 0 Å². The minimum absolute atomic E-state index is 0.200. The van der Waals surface area contributed by atoms with Crippen molar-refractivity contribution in [3.05, 3.63) is 53.1 Å². The first-order valence-corrected chi connectivity index (χ1v) is 8.97. The van der Waals surface area contributed by atoms with Crippen LogP contribution in [0.5, 0.6) is 0 Å². The molecule has 1 aliphatic rings. The Morgan fingerprint density at radius 2 is 2.08 bits per heavy atom. The Kier molecular flexibility index (Phi) is 4.33. The Morgan fingerprint density at radius 1 is 1.29 bits per heavy atom. The molecule has 2 heterocycles. The van der Waals surface area contributed by atoms with Crippen LogP contribution in [-0.4, -0.2) is 35.7 Å². The summed E-state index contributed by atoms with van der Waals surface area (Å²) in [5.74, 6) is -0.290. The van der Waals surface area contributed by atoms with Gasteiger partial charge in [-0.2, -0.15) is 0 Å². The lowest BCUT2D eigenvalue weighted by Crippen LogP contribution is -2.37. The fourth-order valence-electron chi connectivity index (χ4n) is 2.62. The number of nitrogens with one attached hydrogen (secondary N) is 1. The van der Waals surface area contributed by atoms with E-state index in [1.54, 1.807) is 30.2 Å². The van der Waals surface area contributed by atoms with Gasteiger partial charge in [0.25, 0.3) is 0 Å². The van der Waals surface area contributed by atoms with Crippen molar-refractivity contribution in [2.45, 2.75) is 31.8 Å². The first kappa shape index (κ1) is 16.5. The smallest absolute Gasteiger partial charge is 0.241 e. The van der Waals surface area contributed by atoms with Crippen LogP contribution in [0.15, 0.2) is 35.6 Å². The number of amides is 1. The van der Waals surface area contributed by atoms with E-state index in [4.69, 9.17) is 0 Å². The van der Waals surface area contributed by atoms with Crippen LogP contribution in [-0.2, 0) is 27.9 Å². The lowest BCUT2D eigenvalue weighted by Gasteiger charge is -2.16. The van der Waals surface area contributed by atoms with E-state index in [9.17, 15) is 13.2 Å². The maximum absolute atomic E-state index is 12.4. The van der Waals surface area contributed by atoms with Gasteiger partial charge in [0, 0.05) is 18.3 Å². The van der Waals surface area contributed by atoms with Gasteiger partial charge >= 0.3 is 0 Å². The van der Waals surface area contributed by atoms with Gasteiger partial charge in [-0.05, 0) is 31.0 Å². The number of aromatic nitrogens is 2. The van der Waals surface area contributed by atoms with Crippen LogP contribution in [0.2, 0.25) is 0 Å². The molecule has 2 aromatic rings. The first-order valence-electron chi connectivity index (χ1n) is 7.49. The fourth-order valence-corrected chi connectivity index (χ4v) is 3.92. The molecular formula is C16H18N4O3S. The Labute approximate surface area is 140 Å². The van der Waals surface area contributed by atoms with Crippen LogP contribution in [0.1, 0.15) is 22.4 Å². The van der Waals surface area contributed by atoms with Crippen molar-refractivity contribution in [3.63, 3.8) is 0 Å². The monoisotopic (exact) mass is 346 g/mol. The molecule has 8 heteroatoms. The zero-order valence-electron chi connectivity index (χ0n) is 13.5. The van der Waals surface area contributed by atoms with Gasteiger partial charge in [0.05, 0.1) is 23.7 Å². The SMILES string of the molecule is Cc1ccc(C)c(S(=O)(=O)NCC(=O)N2Cc3cncnc3C2)c1. The van der Waals surface area contributed by atoms with Crippen LogP contribution in [0.4, 0.5) is 0 Å². The molecule has 0 radical (unpaired) electrons. The van der Waals surface area contributed by atoms with E-state index in [-0.39, 0.29) is 17.3 Å². The van der Waals surface area contributed by atoms with Crippen molar-refractivity contribution in [3.8, 4) is 0 Å². The summed E-state index contributed by atoms with van der Waals surface area (Å²) >= 11 is 0. The summed E-state index contributed by atoms with van der Waals surface area (Å²) in [6.07, 6.45) is 3.12. The molecule has 0 saturated heterocycles. The van der Waals surface area contributed by atoms with E-state index >= 15 is 0 Å². The number of hydrogen-bond acceptors (Lipinski definition) is 5. The minimum Gasteiger partial charge on any atom is -0.331 e. The molecule has 1 aromatic carbocycles. The quantitative estimate of drug-likeness (QED) is 0.888. The third kappa shape index (κ3) is 3.29. The second kappa shape index (κ2) is 6.29. The summed E-state index contributed by atoms with van der Waals surface area (Å²) in [5, 5.41) is 0. The van der Waals surface area contributed by atoms with E-state index in [1.807, 2.05) is 13.0 Å². The number of carbonyl (C=O) groups excluding carboxylic acids is 1. The summed E-state index contributed by atoms with van der Waals surface area (Å²) in [6, 6.07) is 5.20. The van der Waals surface area contributed by atoms with Gasteiger partial charge in [-0.15, -0.1) is 0 Å². The maximum atomic E-state index is 12.4. The van der Waals surface area contributed by atoms with Crippen molar-refractivity contribution in [1.29, 1.82) is 0 Å². The molecule has 126 valence electrons. The van der Waals surface area contributed by atoms with Crippen molar-refractivity contribution in [2.75, 3.05) is 6.54 Å². The van der Waals surface area contributed by atoms with Crippen LogP contribution in [0.3, 0.4) is 0 Å². The van der Waals surface area contributed by atoms with Gasteiger partial charge in [-0.1, -0.05) is 12.1 Å². The molecule has 0 aliphatic carbocycles. The molecule has 1 amide bonds. The Bertz CT molecular complexity index is 871. The molecule has 0 atom stereocenters. The van der Waals surface area contributed by atoms with E-state index in [1.165, 1.54) is 6.33 Å². The van der Waals surface area contributed by atoms with Crippen LogP contribution < -0.4 is 4.72 Å². The van der Waals surface area contributed by atoms with Crippen molar-refractivity contribution < 1.29 is 13.2 Å². The molecular weight excluding hydrogens is 328 g/mol. The number of nitrogens with zero attached hydrogens (tertiary/aromatic N) is 3. The number of carbonyl (C=O) groups is 1. The predicted molar refractivity (Wildman–Crippen MR) is 87.4 cm³/mol. The Morgan fingerprint density at radius 3 is 2.83 bits per heavy atom. The maximum Gasteiger partial charge on any atom is 0.241 e. The van der Waals surface area contributed by atoms with Crippen molar-refractivity contribution >= 4 is 15.9 Å². The highest BCUT2D eigenvalue weighted by molar-refractivity contribution is 7.89. The largest absolute Gasteiger partial charge is 0.331 e. The zero-order valence-corrected chi connectivity index (χ0v) is 14.3. The molecule has 0 bridgehead atoms. The number of fused-ring (bicyclic) bond motifs is 1. The van der Waals surface area contributed by atoms with E-state index in [2.05, 4.69) is 14.7 Å². The highest BCUT2D eigenvalue weighted by Crippen LogP contribution is 2.20. The first-order chi connectivity index (χ1) is 11.4. The van der Waals surface area contributed by atoms with Gasteiger partial charge < -0.3 is 4.90 Å². The summed E-state index contributed by atoms with van der Waals surface area (Å²) in [5.41, 5.74) is 3.18. The standard InChI is InChI=1S/C16H18N4O3S/c1-11-3-4-12(2)15(5-11)24(22,23)19-7-16(21)20-8-13-6-17-10-18-14(13)9-20/h3-6,10,19H,7-9H2,1-2H3. The zero-order chi connectivity index (χ0) is 17.3. The molecule has 0 fully saturated rings. The minimum atomic E-state index is -3.73. The summed E-state index contributed by atoms with van der Waals surface area (Å²) in [7, 11) is -3.73. The molecule has 0 saturated carbocycles. The van der Waals surface area contributed by atoms with Crippen molar-refractivity contribution in [1.82, 2.24) is 19.6 Å². The van der Waals surface area contributed by atoms with Gasteiger partial charge in [0.15, 0.2) is 0 Å². The lowest BCUT2D eigenvalue weighted by atomic mass is 10.2. The topological polar surface area (TPSA) is 92.3 Å². The third-order valence-corrected chi connectivity index (χ3v) is 5.53. The lowest BCUT2D eigenvalue weighted by molar-refractivity contribution is -0.130. The van der Waals surface area contributed by atoms with Gasteiger partial charge in [0.1, 0.15) is 6.33 Å². The molecule has 1 aromatic heterocycles. The Balaban J connectivity index is 1.67. The van der Waals surface area contributed by atoms with Gasteiger partial charge in [-0.3, -0.25) is 4.79 Å². The average molecular weight is 346 g/mol. The van der Waals surface area contributed by atoms with E-state index in [0.717, 1.165) is 16.8 Å². The summed E-state index contributed by atoms with van der Waals surface area (Å²) in [6.45, 7) is 4.05. The second-order valence-corrected chi connectivity index (χ2v) is 7.57. The number of hydrogen-bond donors (Lipinski definition) is 1. The number of benzene rings is 1. The molecule has 3 rings (SSSR count). The number of sulfonamides is 1. The third-order valence-electron chi connectivity index (χ3n) is 3.98. The van der Waals surface area contributed by atoms with Crippen LogP contribution in [0, 0.1) is 13.8 Å². The molecule has 24 heavy (non-hydrogen) atoms. The molecule has 0 spiro atoms. The summed E-state index contributed by atoms with van der Waals surface area (Å²) < 4.78 is 27.3. The van der Waals surface area contributed by atoms with Gasteiger partial charge in [-0.25, -0.2) is 23.1 Å². The molecule has 1 aliphatic heterocycles. The van der Waals surface area contributed by atoms with Crippen LogP contribution >= 0.6 is 0 Å². The number of aryl methyl sites for hydroxylation is 2. The highest BCUT2D eigenvalue weighted by atomic mass is 32.2. The molecule has 1 N–H and O–H groups in total. The second-order valence-electron chi connectivity index (χ2n) is 5.84. The normalized spacial score (nSPS) is 13.8. The molecule has 0 unspecified atom stereocenters. The van der Waals surface area contributed by atoms with Gasteiger partial charge in [0.2, 0.25) is 15.9 Å². The predicted octanol–water partition coefficient (Wildman–Crippen LogP) is 0.914. The highest BCUT2D eigenvalue weighted by Gasteiger charge is 2.26. The average Bonchev–Trinajstić information content (AvgIpc) is 2.99. The van der Waals surface area contributed by atoms with E-state index < -0.39 is 10.0 Å². The fraction of sp³-hybridized carbons (Fsp3) is 0.312.